The molecule has 2 aromatic rings. The number of hydrogen-bond donors (Lipinski definition) is 3. The van der Waals surface area contributed by atoms with Crippen molar-refractivity contribution in [3.8, 4) is 0 Å². The normalized spacial score (nSPS) is 17.5. The number of ketones is 1. The Kier molecular flexibility index (Phi) is 2.80. The lowest BCUT2D eigenvalue weighted by molar-refractivity contribution is -0.147. The third-order valence-corrected chi connectivity index (χ3v) is 3.47. The number of carbonyl (C=O) groups is 3. The average molecular weight is 307 g/mol. The zero-order valence-corrected chi connectivity index (χ0v) is 11.0. The van der Waals surface area contributed by atoms with Gasteiger partial charge in [0.25, 0.3) is 11.5 Å². The highest BCUT2D eigenvalue weighted by Crippen LogP contribution is 2.30. The number of aromatic carboxylic acids is 1. The quantitative estimate of drug-likeness (QED) is 0.555. The van der Waals surface area contributed by atoms with Crippen molar-refractivity contribution in [1.29, 1.82) is 0 Å². The van der Waals surface area contributed by atoms with Crippen LogP contribution in [0.25, 0.3) is 10.9 Å². The van der Waals surface area contributed by atoms with Crippen LogP contribution >= 0.6 is 11.6 Å². The number of pyridine rings is 1. The Morgan fingerprint density at radius 3 is 2.48 bits per heavy atom. The molecule has 1 saturated heterocycles. The fourth-order valence-electron chi connectivity index (χ4n) is 2.24. The molecule has 1 aliphatic rings. The first-order valence-corrected chi connectivity index (χ1v) is 6.21. The topological polar surface area (TPSA) is 116 Å². The number of carboxylic acid groups (broad SMARTS) is 1. The molecule has 1 aromatic carbocycles. The number of H-pyrrole nitrogens is 1. The maximum absolute atomic E-state index is 11.7. The van der Waals surface area contributed by atoms with Crippen LogP contribution in [-0.4, -0.2) is 27.8 Å². The van der Waals surface area contributed by atoms with E-state index in [1.807, 2.05) is 0 Å². The number of amides is 1. The molecule has 1 aliphatic heterocycles. The van der Waals surface area contributed by atoms with Gasteiger partial charge in [-0.3, -0.25) is 14.4 Å². The number of carboxylic acids is 1. The van der Waals surface area contributed by atoms with Gasteiger partial charge in [0, 0.05) is 16.0 Å². The minimum Gasteiger partial charge on any atom is -0.477 e. The van der Waals surface area contributed by atoms with Crippen LogP contribution in [0.4, 0.5) is 0 Å². The third-order valence-electron chi connectivity index (χ3n) is 3.25. The van der Waals surface area contributed by atoms with Crippen molar-refractivity contribution in [2.75, 3.05) is 0 Å². The van der Waals surface area contributed by atoms with Gasteiger partial charge in [-0.05, 0) is 18.2 Å². The molecule has 8 heteroatoms. The van der Waals surface area contributed by atoms with E-state index >= 15 is 0 Å². The molecule has 7 nitrogen and oxygen atoms in total. The van der Waals surface area contributed by atoms with Crippen molar-refractivity contribution in [3.63, 3.8) is 0 Å². The van der Waals surface area contributed by atoms with Gasteiger partial charge >= 0.3 is 5.97 Å². The Bertz CT molecular complexity index is 886. The highest BCUT2D eigenvalue weighted by Gasteiger charge is 2.39. The molecule has 1 amide bonds. The van der Waals surface area contributed by atoms with E-state index in [4.69, 9.17) is 16.7 Å². The molecule has 0 spiro atoms. The van der Waals surface area contributed by atoms with Gasteiger partial charge in [-0.25, -0.2) is 4.79 Å². The minimum atomic E-state index is -1.37. The Morgan fingerprint density at radius 1 is 1.19 bits per heavy atom. The van der Waals surface area contributed by atoms with Crippen molar-refractivity contribution in [2.45, 2.75) is 6.04 Å². The molecule has 1 unspecified atom stereocenters. The van der Waals surface area contributed by atoms with E-state index in [1.165, 1.54) is 18.2 Å². The fourth-order valence-corrected chi connectivity index (χ4v) is 2.47. The fraction of sp³-hybridized carbons (Fsp3) is 0.0769. The molecule has 1 aromatic heterocycles. The number of Topliss-reactive ketones (excluding diaryl/α,β-unsaturated/α-hetero) is 1. The van der Waals surface area contributed by atoms with E-state index in [-0.39, 0.29) is 10.5 Å². The summed E-state index contributed by atoms with van der Waals surface area (Å²) in [4.78, 5) is 47.7. The minimum absolute atomic E-state index is 0.259. The number of nitrogens with one attached hydrogen (secondary N) is 2. The summed E-state index contributed by atoms with van der Waals surface area (Å²) < 4.78 is 0. The van der Waals surface area contributed by atoms with E-state index in [0.717, 1.165) is 0 Å². The number of halogens is 1. The molecular formula is C13H7ClN2O5. The van der Waals surface area contributed by atoms with Gasteiger partial charge in [-0.2, -0.15) is 0 Å². The monoisotopic (exact) mass is 306 g/mol. The summed E-state index contributed by atoms with van der Waals surface area (Å²) >= 11 is 5.94. The lowest BCUT2D eigenvalue weighted by atomic mass is 9.93. The van der Waals surface area contributed by atoms with E-state index < -0.39 is 34.8 Å². The molecule has 21 heavy (non-hydrogen) atoms. The van der Waals surface area contributed by atoms with Crippen LogP contribution in [0.2, 0.25) is 5.02 Å². The second kappa shape index (κ2) is 4.42. The Labute approximate surface area is 121 Å². The third kappa shape index (κ3) is 1.98. The van der Waals surface area contributed by atoms with Crippen LogP contribution in [0.15, 0.2) is 23.0 Å². The summed E-state index contributed by atoms with van der Waals surface area (Å²) in [5.41, 5.74) is -0.625. The van der Waals surface area contributed by atoms with Crippen molar-refractivity contribution in [3.05, 3.63) is 44.7 Å². The molecular weight excluding hydrogens is 300 g/mol. The summed E-state index contributed by atoms with van der Waals surface area (Å²) in [6.07, 6.45) is 0. The summed E-state index contributed by atoms with van der Waals surface area (Å²) in [7, 11) is 0. The number of carbonyl (C=O) groups excluding carboxylic acids is 2. The first-order chi connectivity index (χ1) is 9.88. The SMILES string of the molecule is O=C1NC(c2cc(Cl)cc3cc(C(=O)O)c(=O)[nH]c23)C1=O. The van der Waals surface area contributed by atoms with Crippen LogP contribution < -0.4 is 10.9 Å². The summed E-state index contributed by atoms with van der Waals surface area (Å²) in [5.74, 6) is -2.72. The van der Waals surface area contributed by atoms with E-state index in [0.29, 0.717) is 10.9 Å². The Morgan fingerprint density at radius 2 is 1.90 bits per heavy atom. The Hall–Kier alpha value is -2.67. The van der Waals surface area contributed by atoms with Gasteiger partial charge in [0.15, 0.2) is 0 Å². The summed E-state index contributed by atoms with van der Waals surface area (Å²) in [6, 6.07) is 3.21. The number of aromatic nitrogens is 1. The number of benzene rings is 1. The molecule has 3 rings (SSSR count). The van der Waals surface area contributed by atoms with Crippen molar-refractivity contribution < 1.29 is 19.5 Å². The highest BCUT2D eigenvalue weighted by molar-refractivity contribution is 6.45. The van der Waals surface area contributed by atoms with Crippen LogP contribution in [0.1, 0.15) is 22.0 Å². The molecule has 0 saturated carbocycles. The number of β-lactam (4-membered cyclic amide) rings is 1. The lowest BCUT2D eigenvalue weighted by Crippen LogP contribution is -2.52. The largest absolute Gasteiger partial charge is 0.477 e. The number of aromatic amines is 1. The van der Waals surface area contributed by atoms with Gasteiger partial charge in [0.1, 0.15) is 11.6 Å². The summed E-state index contributed by atoms with van der Waals surface area (Å²) in [5, 5.41) is 12.0. The number of rotatable bonds is 2. The first-order valence-electron chi connectivity index (χ1n) is 5.83. The van der Waals surface area contributed by atoms with Gasteiger partial charge < -0.3 is 15.4 Å². The van der Waals surface area contributed by atoms with E-state index in [1.54, 1.807) is 0 Å². The van der Waals surface area contributed by atoms with Gasteiger partial charge in [-0.15, -0.1) is 0 Å². The van der Waals surface area contributed by atoms with Crippen molar-refractivity contribution >= 4 is 40.2 Å². The van der Waals surface area contributed by atoms with Crippen LogP contribution in [0.3, 0.4) is 0 Å². The molecule has 106 valence electrons. The predicted molar refractivity (Wildman–Crippen MR) is 72.4 cm³/mol. The first kappa shape index (κ1) is 13.3. The van der Waals surface area contributed by atoms with E-state index in [2.05, 4.69) is 10.3 Å². The molecule has 0 bridgehead atoms. The van der Waals surface area contributed by atoms with Crippen LogP contribution in [0, 0.1) is 0 Å². The maximum atomic E-state index is 11.7. The zero-order valence-electron chi connectivity index (χ0n) is 10.3. The lowest BCUT2D eigenvalue weighted by Gasteiger charge is -2.26. The molecule has 3 N–H and O–H groups in total. The van der Waals surface area contributed by atoms with Crippen LogP contribution in [-0.2, 0) is 9.59 Å². The standard InChI is InChI=1S/C13H7ClN2O5/c14-5-1-4-2-7(13(20)21)11(18)15-8(4)6(3-5)9-10(17)12(19)16-9/h1-3,9H,(H,15,18)(H,16,19)(H,20,21). The van der Waals surface area contributed by atoms with E-state index in [9.17, 15) is 19.2 Å². The van der Waals surface area contributed by atoms with Crippen LogP contribution in [0.5, 0.6) is 0 Å². The van der Waals surface area contributed by atoms with Crippen molar-refractivity contribution in [1.82, 2.24) is 10.3 Å². The van der Waals surface area contributed by atoms with Gasteiger partial charge in [0.2, 0.25) is 5.78 Å². The average Bonchev–Trinajstić information content (AvgIpc) is 2.43. The zero-order chi connectivity index (χ0) is 15.3. The van der Waals surface area contributed by atoms with Crippen molar-refractivity contribution in [2.24, 2.45) is 0 Å². The summed E-state index contributed by atoms with van der Waals surface area (Å²) in [6.45, 7) is 0. The second-order valence-electron chi connectivity index (χ2n) is 4.55. The second-order valence-corrected chi connectivity index (χ2v) is 4.98. The molecule has 1 atom stereocenters. The molecule has 2 heterocycles. The van der Waals surface area contributed by atoms with Gasteiger partial charge in [0.05, 0.1) is 5.52 Å². The number of fused-ring (bicyclic) bond motifs is 1. The number of hydrogen-bond acceptors (Lipinski definition) is 4. The maximum Gasteiger partial charge on any atom is 0.341 e. The molecule has 1 fully saturated rings. The highest BCUT2D eigenvalue weighted by atomic mass is 35.5. The molecule has 0 radical (unpaired) electrons. The predicted octanol–water partition coefficient (Wildman–Crippen LogP) is 0.620. The van der Waals surface area contributed by atoms with Gasteiger partial charge in [-0.1, -0.05) is 11.6 Å². The Balaban J connectivity index is 2.28. The molecule has 0 aliphatic carbocycles. The smallest absolute Gasteiger partial charge is 0.341 e.